The minimum absolute atomic E-state index is 0.0170. The Hall–Kier alpha value is -4.86. The van der Waals surface area contributed by atoms with Crippen molar-refractivity contribution < 1.29 is 23.5 Å². The Morgan fingerprint density at radius 2 is 1.81 bits per heavy atom. The number of benzene rings is 2. The molecule has 2 heterocycles. The van der Waals surface area contributed by atoms with Crippen LogP contribution >= 0.6 is 0 Å². The number of nitrogens with zero attached hydrogens (tertiary/aromatic N) is 3. The molecule has 0 aliphatic carbocycles. The molecule has 3 aromatic rings. The van der Waals surface area contributed by atoms with Gasteiger partial charge in [0.1, 0.15) is 30.4 Å². The van der Waals surface area contributed by atoms with Gasteiger partial charge in [-0.15, -0.1) is 13.2 Å². The van der Waals surface area contributed by atoms with Crippen LogP contribution in [-0.2, 0) is 13.2 Å². The average Bonchev–Trinajstić information content (AvgIpc) is 3.01. The number of nitrogens with one attached hydrogen (secondary N) is 1. The number of carbonyl (C=O) groups is 2. The lowest BCUT2D eigenvalue weighted by Gasteiger charge is -2.38. The largest absolute Gasteiger partial charge is 0.493 e. The van der Waals surface area contributed by atoms with Crippen LogP contribution < -0.4 is 25.2 Å². The van der Waals surface area contributed by atoms with Crippen molar-refractivity contribution in [3.05, 3.63) is 118 Å². The first kappa shape index (κ1) is 31.1. The van der Waals surface area contributed by atoms with Crippen molar-refractivity contribution in [3.63, 3.8) is 0 Å². The molecule has 0 bridgehead atoms. The quantitative estimate of drug-likeness (QED) is 0.203. The number of hydrogen-bond acceptors (Lipinski definition) is 6. The van der Waals surface area contributed by atoms with Crippen molar-refractivity contribution in [1.82, 2.24) is 14.9 Å². The number of halogens is 1. The molecule has 0 fully saturated rings. The van der Waals surface area contributed by atoms with E-state index in [1.807, 2.05) is 41.4 Å². The summed E-state index contributed by atoms with van der Waals surface area (Å²) in [6, 6.07) is 13.3. The molecule has 2 aromatic carbocycles. The smallest absolute Gasteiger partial charge is 0.277 e. The normalized spacial score (nSPS) is 12.5. The van der Waals surface area contributed by atoms with E-state index in [9.17, 15) is 18.8 Å². The number of pyridine rings is 1. The molecule has 2 amide bonds. The molecule has 1 aromatic heterocycles. The van der Waals surface area contributed by atoms with Gasteiger partial charge in [-0.1, -0.05) is 48.6 Å². The van der Waals surface area contributed by atoms with E-state index < -0.39 is 17.2 Å². The fraction of sp³-hybridized carbons (Fsp3) is 0.303. The number of amides is 2. The van der Waals surface area contributed by atoms with Gasteiger partial charge in [-0.3, -0.25) is 24.1 Å². The Labute approximate surface area is 250 Å². The molecule has 43 heavy (non-hydrogen) atoms. The van der Waals surface area contributed by atoms with Crippen LogP contribution in [0.15, 0.2) is 84.8 Å². The second-order valence-electron chi connectivity index (χ2n) is 10.2. The Balaban J connectivity index is 1.68. The zero-order valence-electron chi connectivity index (χ0n) is 24.4. The Bertz CT molecular complexity index is 1520. The first-order valence-corrected chi connectivity index (χ1v) is 14.2. The molecular weight excluding hydrogens is 551 g/mol. The lowest BCUT2D eigenvalue weighted by Crippen LogP contribution is -2.53. The fourth-order valence-corrected chi connectivity index (χ4v) is 4.67. The molecule has 10 heteroatoms. The molecule has 1 aliphatic rings. The molecule has 0 saturated heterocycles. The standard InChI is InChI=1S/C33H37FN4O5/c1-4-6-8-12-17-37-23-36(3)33(41)29-31(43-22-24-13-10-9-11-14-24)30(39)27(21-38(29)37)32(40)35-20-25-15-16-26(34)19-28(25)42-18-7-5-2/h4-5,9-11,13-16,19,21H,1-2,6-8,12,17-18,20,22-23H2,3H3,(H,35,40). The Kier molecular flexibility index (Phi) is 10.7. The van der Waals surface area contributed by atoms with Crippen LogP contribution in [0.4, 0.5) is 4.39 Å². The molecule has 4 rings (SSSR count). The van der Waals surface area contributed by atoms with E-state index in [-0.39, 0.29) is 48.5 Å². The first-order valence-electron chi connectivity index (χ1n) is 14.2. The third-order valence-electron chi connectivity index (χ3n) is 6.97. The van der Waals surface area contributed by atoms with Crippen LogP contribution in [0.3, 0.4) is 0 Å². The summed E-state index contributed by atoms with van der Waals surface area (Å²) < 4.78 is 27.2. The maximum absolute atomic E-state index is 13.9. The molecule has 0 spiro atoms. The van der Waals surface area contributed by atoms with Crippen LogP contribution in [-0.4, -0.2) is 48.3 Å². The highest BCUT2D eigenvalue weighted by atomic mass is 19.1. The van der Waals surface area contributed by atoms with E-state index in [1.54, 1.807) is 17.8 Å². The number of ether oxygens (including phenoxy) is 2. The minimum Gasteiger partial charge on any atom is -0.493 e. The van der Waals surface area contributed by atoms with Crippen molar-refractivity contribution in [2.24, 2.45) is 0 Å². The highest BCUT2D eigenvalue weighted by Gasteiger charge is 2.33. The van der Waals surface area contributed by atoms with Crippen LogP contribution in [0.1, 0.15) is 57.7 Å². The summed E-state index contributed by atoms with van der Waals surface area (Å²) in [6.45, 7) is 8.58. The van der Waals surface area contributed by atoms with Crippen molar-refractivity contribution in [2.45, 2.75) is 38.8 Å². The molecular formula is C33H37FN4O5. The molecule has 0 unspecified atom stereocenters. The van der Waals surface area contributed by atoms with Crippen LogP contribution in [0.5, 0.6) is 11.5 Å². The summed E-state index contributed by atoms with van der Waals surface area (Å²) >= 11 is 0. The van der Waals surface area contributed by atoms with E-state index in [1.165, 1.54) is 29.3 Å². The number of carbonyl (C=O) groups excluding carboxylic acids is 2. The minimum atomic E-state index is -0.698. The number of allylic oxidation sites excluding steroid dienone is 1. The summed E-state index contributed by atoms with van der Waals surface area (Å²) in [5, 5.41) is 4.65. The average molecular weight is 589 g/mol. The van der Waals surface area contributed by atoms with Gasteiger partial charge in [0.15, 0.2) is 11.4 Å². The summed E-state index contributed by atoms with van der Waals surface area (Å²) in [5.41, 5.74) is 0.520. The lowest BCUT2D eigenvalue weighted by atomic mass is 10.1. The first-order chi connectivity index (χ1) is 20.8. The summed E-state index contributed by atoms with van der Waals surface area (Å²) in [6.07, 6.45) is 8.05. The maximum atomic E-state index is 13.9. The van der Waals surface area contributed by atoms with Crippen LogP contribution in [0.2, 0.25) is 0 Å². The van der Waals surface area contributed by atoms with Crippen molar-refractivity contribution in [1.29, 1.82) is 0 Å². The summed E-state index contributed by atoms with van der Waals surface area (Å²) in [5.74, 6) is -1.43. The third-order valence-corrected chi connectivity index (χ3v) is 6.97. The Morgan fingerprint density at radius 1 is 1.05 bits per heavy atom. The molecule has 1 aliphatic heterocycles. The Morgan fingerprint density at radius 3 is 2.56 bits per heavy atom. The van der Waals surface area contributed by atoms with Gasteiger partial charge in [-0.25, -0.2) is 4.39 Å². The number of unbranched alkanes of at least 4 members (excludes halogenated alkanes) is 2. The zero-order valence-corrected chi connectivity index (χ0v) is 24.4. The molecule has 0 radical (unpaired) electrons. The predicted octanol–water partition coefficient (Wildman–Crippen LogP) is 4.79. The third kappa shape index (κ3) is 7.71. The van der Waals surface area contributed by atoms with Crippen molar-refractivity contribution in [3.8, 4) is 11.5 Å². The topological polar surface area (TPSA) is 93.1 Å². The lowest BCUT2D eigenvalue weighted by molar-refractivity contribution is 0.0727. The van der Waals surface area contributed by atoms with E-state index in [0.29, 0.717) is 25.1 Å². The van der Waals surface area contributed by atoms with Gasteiger partial charge in [0.2, 0.25) is 5.43 Å². The van der Waals surface area contributed by atoms with Gasteiger partial charge in [-0.05, 0) is 37.3 Å². The molecule has 9 nitrogen and oxygen atoms in total. The molecule has 0 saturated carbocycles. The van der Waals surface area contributed by atoms with E-state index in [2.05, 4.69) is 18.5 Å². The predicted molar refractivity (Wildman–Crippen MR) is 163 cm³/mol. The summed E-state index contributed by atoms with van der Waals surface area (Å²) in [4.78, 5) is 42.2. The second kappa shape index (κ2) is 14.9. The molecule has 1 N–H and O–H groups in total. The van der Waals surface area contributed by atoms with E-state index in [4.69, 9.17) is 9.47 Å². The monoisotopic (exact) mass is 588 g/mol. The highest BCUT2D eigenvalue weighted by molar-refractivity contribution is 5.99. The number of hydrogen-bond donors (Lipinski definition) is 1. The van der Waals surface area contributed by atoms with Gasteiger partial charge < -0.3 is 19.7 Å². The fourth-order valence-electron chi connectivity index (χ4n) is 4.67. The highest BCUT2D eigenvalue weighted by Crippen LogP contribution is 2.24. The summed E-state index contributed by atoms with van der Waals surface area (Å²) in [7, 11) is 1.66. The van der Waals surface area contributed by atoms with Crippen molar-refractivity contribution in [2.75, 3.05) is 31.9 Å². The number of aromatic nitrogens is 1. The SMILES string of the molecule is C=CCCCCN1CN(C)C(=O)c2c(OCc3ccccc3)c(=O)c(C(=O)NCc3ccc(F)cc3OCCC=C)cn21. The molecule has 226 valence electrons. The van der Waals surface area contributed by atoms with Gasteiger partial charge in [-0.2, -0.15) is 0 Å². The number of rotatable bonds is 15. The second-order valence-corrected chi connectivity index (χ2v) is 10.2. The van der Waals surface area contributed by atoms with Gasteiger partial charge in [0.05, 0.1) is 6.61 Å². The van der Waals surface area contributed by atoms with Crippen LogP contribution in [0.25, 0.3) is 0 Å². The maximum Gasteiger partial charge on any atom is 0.277 e. The van der Waals surface area contributed by atoms with Gasteiger partial charge in [0.25, 0.3) is 11.8 Å². The number of fused-ring (bicyclic) bond motifs is 1. The van der Waals surface area contributed by atoms with Crippen molar-refractivity contribution >= 4 is 11.8 Å². The molecule has 0 atom stereocenters. The van der Waals surface area contributed by atoms with Gasteiger partial charge >= 0.3 is 0 Å². The van der Waals surface area contributed by atoms with E-state index in [0.717, 1.165) is 24.8 Å². The van der Waals surface area contributed by atoms with Gasteiger partial charge in [0, 0.05) is 38.0 Å². The van der Waals surface area contributed by atoms with Crippen LogP contribution in [0, 0.1) is 5.82 Å². The van der Waals surface area contributed by atoms with E-state index >= 15 is 0 Å². The zero-order chi connectivity index (χ0) is 30.8.